The molecule has 18 heavy (non-hydrogen) atoms. The lowest BCUT2D eigenvalue weighted by molar-refractivity contribution is 0.229. The van der Waals surface area contributed by atoms with Crippen LogP contribution in [0, 0.1) is 5.92 Å². The first-order valence-corrected chi connectivity index (χ1v) is 6.17. The molecule has 1 heterocycles. The fraction of sp³-hybridized carbons (Fsp3) is 0.429. The van der Waals surface area contributed by atoms with Gasteiger partial charge in [-0.05, 0) is 30.9 Å². The topological polar surface area (TPSA) is 52.3 Å². The van der Waals surface area contributed by atoms with Crippen molar-refractivity contribution in [3.05, 3.63) is 34.2 Å². The lowest BCUT2D eigenvalue weighted by Gasteiger charge is -2.08. The number of aromatic nitrogens is 1. The lowest BCUT2D eigenvalue weighted by Crippen LogP contribution is -2.08. The number of fused-ring (bicyclic) bond motifs is 1. The van der Waals surface area contributed by atoms with Crippen LogP contribution in [0.1, 0.15) is 26.3 Å². The van der Waals surface area contributed by atoms with E-state index in [-0.39, 0.29) is 11.7 Å². The summed E-state index contributed by atoms with van der Waals surface area (Å²) in [7, 11) is 0. The molecule has 2 aromatic rings. The summed E-state index contributed by atoms with van der Waals surface area (Å²) in [5.41, 5.74) is 1.24. The van der Waals surface area contributed by atoms with Gasteiger partial charge in [0.25, 0.3) is 0 Å². The Morgan fingerprint density at radius 3 is 2.83 bits per heavy atom. The highest BCUT2D eigenvalue weighted by Gasteiger charge is 2.11. The summed E-state index contributed by atoms with van der Waals surface area (Å²) < 4.78 is 10.2. The molecule has 0 aliphatic carbocycles. The van der Waals surface area contributed by atoms with Crippen LogP contribution in [-0.4, -0.2) is 11.6 Å². The summed E-state index contributed by atoms with van der Waals surface area (Å²) in [6.07, 6.45) is 0.870. The van der Waals surface area contributed by atoms with E-state index in [1.165, 1.54) is 0 Å². The normalized spacial score (nSPS) is 11.1. The van der Waals surface area contributed by atoms with Gasteiger partial charge in [0.05, 0.1) is 17.5 Å². The Morgan fingerprint density at radius 2 is 2.17 bits per heavy atom. The van der Waals surface area contributed by atoms with Crippen molar-refractivity contribution in [2.75, 3.05) is 6.61 Å². The summed E-state index contributed by atoms with van der Waals surface area (Å²) in [4.78, 5) is 16.2. The van der Waals surface area contributed by atoms with Crippen LogP contribution in [0.15, 0.2) is 27.4 Å². The van der Waals surface area contributed by atoms with E-state index in [0.29, 0.717) is 23.4 Å². The van der Waals surface area contributed by atoms with Crippen LogP contribution < -0.4 is 10.4 Å². The molecule has 0 fully saturated rings. The second kappa shape index (κ2) is 5.21. The largest absolute Gasteiger partial charge is 0.450 e. The van der Waals surface area contributed by atoms with Gasteiger partial charge in [0.1, 0.15) is 0 Å². The van der Waals surface area contributed by atoms with Crippen LogP contribution in [0.2, 0.25) is 0 Å². The average molecular weight is 247 g/mol. The highest BCUT2D eigenvalue weighted by molar-refractivity contribution is 5.81. The van der Waals surface area contributed by atoms with E-state index >= 15 is 0 Å². The Kier molecular flexibility index (Phi) is 3.65. The summed E-state index contributed by atoms with van der Waals surface area (Å²) in [5, 5.41) is 0.564. The second-order valence-electron chi connectivity index (χ2n) is 4.61. The van der Waals surface area contributed by atoms with Crippen LogP contribution in [-0.2, 0) is 6.42 Å². The molecule has 1 aromatic carbocycles. The summed E-state index contributed by atoms with van der Waals surface area (Å²) in [5.74, 6) is 0.474. The molecule has 0 atom stereocenters. The van der Waals surface area contributed by atoms with E-state index in [4.69, 9.17) is 9.15 Å². The smallest absolute Gasteiger partial charge is 0.397 e. The van der Waals surface area contributed by atoms with Gasteiger partial charge in [-0.1, -0.05) is 26.0 Å². The van der Waals surface area contributed by atoms with Crippen LogP contribution >= 0.6 is 0 Å². The van der Waals surface area contributed by atoms with Gasteiger partial charge in [0.15, 0.2) is 0 Å². The van der Waals surface area contributed by atoms with Crippen molar-refractivity contribution in [3.63, 3.8) is 0 Å². The number of hydrogen-bond donors (Lipinski definition) is 0. The predicted octanol–water partition coefficient (Wildman–Crippen LogP) is 2.79. The first-order chi connectivity index (χ1) is 8.61. The molecule has 0 saturated heterocycles. The zero-order valence-corrected chi connectivity index (χ0v) is 10.9. The maximum Gasteiger partial charge on any atom is 0.397 e. The first kappa shape index (κ1) is 12.6. The molecule has 0 bridgehead atoms. The van der Waals surface area contributed by atoms with Gasteiger partial charge in [0.2, 0.25) is 0 Å². The van der Waals surface area contributed by atoms with Crippen molar-refractivity contribution < 1.29 is 9.15 Å². The van der Waals surface area contributed by atoms with Crippen molar-refractivity contribution in [3.8, 4) is 6.08 Å². The molecular formula is C14H17NO3. The zero-order valence-electron chi connectivity index (χ0n) is 10.9. The van der Waals surface area contributed by atoms with Crippen LogP contribution in [0.5, 0.6) is 6.08 Å². The van der Waals surface area contributed by atoms with Crippen LogP contribution in [0.4, 0.5) is 0 Å². The van der Waals surface area contributed by atoms with Crippen molar-refractivity contribution in [1.29, 1.82) is 0 Å². The van der Waals surface area contributed by atoms with Crippen molar-refractivity contribution in [2.45, 2.75) is 27.2 Å². The van der Waals surface area contributed by atoms with Crippen molar-refractivity contribution >= 4 is 10.9 Å². The van der Waals surface area contributed by atoms with Crippen molar-refractivity contribution in [2.24, 2.45) is 5.92 Å². The van der Waals surface area contributed by atoms with Gasteiger partial charge < -0.3 is 9.15 Å². The summed E-state index contributed by atoms with van der Waals surface area (Å²) in [6, 6.07) is 5.65. The minimum atomic E-state index is -0.375. The molecule has 0 aliphatic rings. The molecule has 0 N–H and O–H groups in total. The van der Waals surface area contributed by atoms with Crippen molar-refractivity contribution in [1.82, 2.24) is 4.98 Å². The Balaban J connectivity index is 2.59. The van der Waals surface area contributed by atoms with Gasteiger partial charge in [0, 0.05) is 0 Å². The molecule has 96 valence electrons. The highest BCUT2D eigenvalue weighted by atomic mass is 16.6. The molecule has 4 heteroatoms. The SMILES string of the molecule is CCOc1nc2cccc(CC(C)C)c2c(=O)o1. The second-order valence-corrected chi connectivity index (χ2v) is 4.61. The van der Waals surface area contributed by atoms with Gasteiger partial charge in [-0.25, -0.2) is 4.79 Å². The quantitative estimate of drug-likeness (QED) is 0.833. The van der Waals surface area contributed by atoms with Gasteiger partial charge >= 0.3 is 11.7 Å². The maximum absolute atomic E-state index is 12.0. The molecule has 0 saturated carbocycles. The number of benzene rings is 1. The Bertz CT molecular complexity index is 602. The fourth-order valence-electron chi connectivity index (χ4n) is 1.96. The van der Waals surface area contributed by atoms with E-state index in [2.05, 4.69) is 18.8 Å². The molecule has 4 nitrogen and oxygen atoms in total. The number of ether oxygens (including phenoxy) is 1. The third-order valence-electron chi connectivity index (χ3n) is 2.62. The number of rotatable bonds is 4. The predicted molar refractivity (Wildman–Crippen MR) is 70.0 cm³/mol. The standard InChI is InChI=1S/C14H17NO3/c1-4-17-14-15-11-7-5-6-10(8-9(2)3)12(11)13(16)18-14/h5-7,9H,4,8H2,1-3H3. The third-order valence-corrected chi connectivity index (χ3v) is 2.62. The summed E-state index contributed by atoms with van der Waals surface area (Å²) in [6.45, 7) is 6.47. The van der Waals surface area contributed by atoms with E-state index < -0.39 is 0 Å². The monoisotopic (exact) mass is 247 g/mol. The average Bonchev–Trinajstić information content (AvgIpc) is 2.28. The molecule has 0 amide bonds. The number of hydrogen-bond acceptors (Lipinski definition) is 4. The Hall–Kier alpha value is -1.84. The highest BCUT2D eigenvalue weighted by Crippen LogP contribution is 2.19. The van der Waals surface area contributed by atoms with Crippen LogP contribution in [0.25, 0.3) is 10.9 Å². The minimum Gasteiger partial charge on any atom is -0.450 e. The van der Waals surface area contributed by atoms with E-state index in [1.54, 1.807) is 6.07 Å². The third kappa shape index (κ3) is 2.53. The van der Waals surface area contributed by atoms with E-state index in [9.17, 15) is 4.79 Å². The summed E-state index contributed by atoms with van der Waals surface area (Å²) >= 11 is 0. The van der Waals surface area contributed by atoms with Crippen LogP contribution in [0.3, 0.4) is 0 Å². The number of nitrogens with zero attached hydrogens (tertiary/aromatic N) is 1. The maximum atomic E-state index is 12.0. The first-order valence-electron chi connectivity index (χ1n) is 6.17. The molecule has 0 unspecified atom stereocenters. The molecule has 0 radical (unpaired) electrons. The Labute approximate surface area is 106 Å². The minimum absolute atomic E-state index is 0.0386. The van der Waals surface area contributed by atoms with Gasteiger partial charge in [-0.15, -0.1) is 0 Å². The molecule has 1 aromatic heterocycles. The molecule has 2 rings (SSSR count). The Morgan fingerprint density at radius 1 is 1.39 bits per heavy atom. The molecule has 0 aliphatic heterocycles. The van der Waals surface area contributed by atoms with Gasteiger partial charge in [-0.2, -0.15) is 4.98 Å². The van der Waals surface area contributed by atoms with Gasteiger partial charge in [-0.3, -0.25) is 0 Å². The lowest BCUT2D eigenvalue weighted by atomic mass is 10.00. The zero-order chi connectivity index (χ0) is 13.1. The van der Waals surface area contributed by atoms with E-state index in [1.807, 2.05) is 19.1 Å². The molecule has 0 spiro atoms. The van der Waals surface area contributed by atoms with E-state index in [0.717, 1.165) is 12.0 Å². The fourth-order valence-corrected chi connectivity index (χ4v) is 1.96. The molecular weight excluding hydrogens is 230 g/mol.